The number of imidazole rings is 1. The average molecular weight is 357 g/mol. The molecule has 8 heteroatoms. The molecule has 0 unspecified atom stereocenters. The van der Waals surface area contributed by atoms with Crippen LogP contribution in [-0.2, 0) is 4.79 Å². The van der Waals surface area contributed by atoms with Gasteiger partial charge in [0.15, 0.2) is 11.5 Å². The lowest BCUT2D eigenvalue weighted by Gasteiger charge is -2.32. The number of aromatic nitrogens is 4. The predicted octanol–water partition coefficient (Wildman–Crippen LogP) is 1.17. The molecule has 0 spiro atoms. The topological polar surface area (TPSA) is 90.0 Å². The fourth-order valence-electron chi connectivity index (χ4n) is 4.01. The zero-order valence-electron chi connectivity index (χ0n) is 15.2. The van der Waals surface area contributed by atoms with Crippen LogP contribution in [0.2, 0.25) is 0 Å². The third-order valence-electron chi connectivity index (χ3n) is 5.52. The zero-order chi connectivity index (χ0) is 17.8. The van der Waals surface area contributed by atoms with Gasteiger partial charge in [-0.2, -0.15) is 0 Å². The maximum Gasteiger partial charge on any atom is 0.223 e. The van der Waals surface area contributed by atoms with Gasteiger partial charge in [-0.25, -0.2) is 15.0 Å². The highest BCUT2D eigenvalue weighted by atomic mass is 16.1. The highest BCUT2D eigenvalue weighted by Crippen LogP contribution is 2.25. The molecule has 0 atom stereocenters. The van der Waals surface area contributed by atoms with Gasteiger partial charge in [-0.05, 0) is 51.7 Å². The number of fused-ring (bicyclic) bond motifs is 1. The molecule has 2 fully saturated rings. The zero-order valence-corrected chi connectivity index (χ0v) is 15.2. The van der Waals surface area contributed by atoms with E-state index < -0.39 is 0 Å². The molecule has 4 heterocycles. The highest BCUT2D eigenvalue weighted by Gasteiger charge is 2.26. The average Bonchev–Trinajstić information content (AvgIpc) is 3.36. The summed E-state index contributed by atoms with van der Waals surface area (Å²) < 4.78 is 0. The van der Waals surface area contributed by atoms with Crippen LogP contribution in [0.15, 0.2) is 12.7 Å². The molecule has 0 aromatic carbocycles. The molecule has 8 nitrogen and oxygen atoms in total. The van der Waals surface area contributed by atoms with Crippen molar-refractivity contribution >= 4 is 22.9 Å². The summed E-state index contributed by atoms with van der Waals surface area (Å²) in [5, 5.41) is 3.13. The maximum atomic E-state index is 12.4. The Balaban J connectivity index is 1.23. The minimum atomic E-state index is 0.108. The third kappa shape index (κ3) is 3.80. The summed E-state index contributed by atoms with van der Waals surface area (Å²) in [7, 11) is 0. The molecular weight excluding hydrogens is 330 g/mol. The van der Waals surface area contributed by atoms with Gasteiger partial charge in [0.2, 0.25) is 5.91 Å². The molecule has 2 saturated heterocycles. The summed E-state index contributed by atoms with van der Waals surface area (Å²) in [6.07, 6.45) is 8.60. The Morgan fingerprint density at radius 3 is 2.77 bits per heavy atom. The number of aromatic amines is 1. The van der Waals surface area contributed by atoms with Crippen molar-refractivity contribution in [2.45, 2.75) is 32.1 Å². The second-order valence-electron chi connectivity index (χ2n) is 7.25. The van der Waals surface area contributed by atoms with Crippen LogP contribution in [-0.4, -0.2) is 70.0 Å². The van der Waals surface area contributed by atoms with Gasteiger partial charge in [0.25, 0.3) is 0 Å². The number of carbonyl (C=O) groups is 1. The normalized spacial score (nSPS) is 19.3. The quantitative estimate of drug-likeness (QED) is 0.755. The SMILES string of the molecule is O=C(NCCCN1CCCC1)C1CCN(c2ncnc3nc[nH]c23)CC1. The van der Waals surface area contributed by atoms with Gasteiger partial charge < -0.3 is 20.1 Å². The molecule has 4 rings (SSSR count). The second kappa shape index (κ2) is 7.99. The van der Waals surface area contributed by atoms with Crippen molar-refractivity contribution in [2.24, 2.45) is 5.92 Å². The molecule has 2 aliphatic heterocycles. The predicted molar refractivity (Wildman–Crippen MR) is 99.9 cm³/mol. The van der Waals surface area contributed by atoms with Crippen LogP contribution < -0.4 is 10.2 Å². The number of hydrogen-bond acceptors (Lipinski definition) is 6. The first kappa shape index (κ1) is 17.2. The van der Waals surface area contributed by atoms with E-state index in [0.717, 1.165) is 56.8 Å². The molecule has 0 saturated carbocycles. The summed E-state index contributed by atoms with van der Waals surface area (Å²) in [4.78, 5) is 33.0. The number of anilines is 1. The lowest BCUT2D eigenvalue weighted by atomic mass is 9.96. The minimum Gasteiger partial charge on any atom is -0.356 e. The number of hydrogen-bond donors (Lipinski definition) is 2. The molecule has 1 amide bonds. The van der Waals surface area contributed by atoms with Crippen molar-refractivity contribution in [3.05, 3.63) is 12.7 Å². The van der Waals surface area contributed by atoms with Gasteiger partial charge in [-0.3, -0.25) is 4.79 Å². The van der Waals surface area contributed by atoms with E-state index in [1.165, 1.54) is 25.9 Å². The first-order valence-electron chi connectivity index (χ1n) is 9.70. The van der Waals surface area contributed by atoms with Crippen LogP contribution in [0.1, 0.15) is 32.1 Å². The van der Waals surface area contributed by atoms with E-state index in [9.17, 15) is 4.79 Å². The van der Waals surface area contributed by atoms with E-state index in [2.05, 4.69) is 35.1 Å². The van der Waals surface area contributed by atoms with E-state index in [1.54, 1.807) is 12.7 Å². The number of H-pyrrole nitrogens is 1. The third-order valence-corrected chi connectivity index (χ3v) is 5.52. The molecule has 0 radical (unpaired) electrons. The number of nitrogens with zero attached hydrogens (tertiary/aromatic N) is 5. The van der Waals surface area contributed by atoms with Crippen LogP contribution in [0.25, 0.3) is 11.2 Å². The fourth-order valence-corrected chi connectivity index (χ4v) is 4.01. The second-order valence-corrected chi connectivity index (χ2v) is 7.25. The molecule has 140 valence electrons. The van der Waals surface area contributed by atoms with E-state index in [1.807, 2.05) is 0 Å². The fraction of sp³-hybridized carbons (Fsp3) is 0.667. The summed E-state index contributed by atoms with van der Waals surface area (Å²) >= 11 is 0. The van der Waals surface area contributed by atoms with Crippen molar-refractivity contribution in [3.8, 4) is 0 Å². The van der Waals surface area contributed by atoms with Crippen LogP contribution >= 0.6 is 0 Å². The Bertz CT molecular complexity index is 732. The summed E-state index contributed by atoms with van der Waals surface area (Å²) in [6.45, 7) is 5.99. The Kier molecular flexibility index (Phi) is 5.29. The van der Waals surface area contributed by atoms with Crippen molar-refractivity contribution in [3.63, 3.8) is 0 Å². The molecule has 2 aliphatic rings. The Morgan fingerprint density at radius 2 is 1.96 bits per heavy atom. The Hall–Kier alpha value is -2.22. The Labute approximate surface area is 153 Å². The van der Waals surface area contributed by atoms with Crippen molar-refractivity contribution in [2.75, 3.05) is 44.2 Å². The molecule has 26 heavy (non-hydrogen) atoms. The molecule has 0 aliphatic carbocycles. The summed E-state index contributed by atoms with van der Waals surface area (Å²) in [5.41, 5.74) is 1.56. The monoisotopic (exact) mass is 357 g/mol. The van der Waals surface area contributed by atoms with Crippen LogP contribution in [0.5, 0.6) is 0 Å². The molecule has 0 bridgehead atoms. The van der Waals surface area contributed by atoms with Crippen molar-refractivity contribution in [1.29, 1.82) is 0 Å². The number of likely N-dealkylation sites (tertiary alicyclic amines) is 1. The van der Waals surface area contributed by atoms with Gasteiger partial charge in [0.1, 0.15) is 11.8 Å². The standard InChI is InChI=1S/C18H27N7O/c26-18(19-6-3-9-24-7-1-2-8-24)14-4-10-25(11-5-14)17-15-16(21-12-20-15)22-13-23-17/h12-14H,1-11H2,(H,19,26)(H,20,21,22,23). The smallest absolute Gasteiger partial charge is 0.223 e. The molecular formula is C18H27N7O. The number of amides is 1. The number of nitrogens with one attached hydrogen (secondary N) is 2. The minimum absolute atomic E-state index is 0.108. The van der Waals surface area contributed by atoms with Crippen LogP contribution in [0.3, 0.4) is 0 Å². The van der Waals surface area contributed by atoms with E-state index in [0.29, 0.717) is 5.65 Å². The Morgan fingerprint density at radius 1 is 1.15 bits per heavy atom. The van der Waals surface area contributed by atoms with E-state index >= 15 is 0 Å². The molecule has 2 aromatic rings. The first-order chi connectivity index (χ1) is 12.8. The highest BCUT2D eigenvalue weighted by molar-refractivity contribution is 5.83. The summed E-state index contributed by atoms with van der Waals surface area (Å²) in [6, 6.07) is 0. The van der Waals surface area contributed by atoms with Crippen LogP contribution in [0.4, 0.5) is 5.82 Å². The van der Waals surface area contributed by atoms with Crippen molar-refractivity contribution < 1.29 is 4.79 Å². The van der Waals surface area contributed by atoms with Gasteiger partial charge in [0, 0.05) is 25.6 Å². The van der Waals surface area contributed by atoms with E-state index in [4.69, 9.17) is 0 Å². The number of rotatable bonds is 6. The van der Waals surface area contributed by atoms with E-state index in [-0.39, 0.29) is 11.8 Å². The van der Waals surface area contributed by atoms with Crippen molar-refractivity contribution in [1.82, 2.24) is 30.2 Å². The lowest BCUT2D eigenvalue weighted by molar-refractivity contribution is -0.125. The van der Waals surface area contributed by atoms with Crippen LogP contribution in [0, 0.1) is 5.92 Å². The number of piperidine rings is 1. The first-order valence-corrected chi connectivity index (χ1v) is 9.70. The lowest BCUT2D eigenvalue weighted by Crippen LogP contribution is -2.41. The molecule has 2 aromatic heterocycles. The summed E-state index contributed by atoms with van der Waals surface area (Å²) in [5.74, 6) is 1.20. The van der Waals surface area contributed by atoms with Gasteiger partial charge in [0.05, 0.1) is 6.33 Å². The van der Waals surface area contributed by atoms with Gasteiger partial charge >= 0.3 is 0 Å². The van der Waals surface area contributed by atoms with Gasteiger partial charge in [-0.15, -0.1) is 0 Å². The molecule has 2 N–H and O–H groups in total. The maximum absolute atomic E-state index is 12.4. The van der Waals surface area contributed by atoms with Gasteiger partial charge in [-0.1, -0.05) is 0 Å². The number of carbonyl (C=O) groups excluding carboxylic acids is 1. The largest absolute Gasteiger partial charge is 0.356 e.